The smallest absolute Gasteiger partial charge is 0.309 e. The van der Waals surface area contributed by atoms with E-state index in [-0.39, 0.29) is 11.9 Å². The number of carbonyl (C=O) groups is 1. The standard InChI is InChI=1S/C14H25NO3/c1-17-13-7-3-6-12(9-13)15-8-4-5-11(10-15)14(16)18-2/h11-13H,3-10H2,1-2H3. The normalized spacial score (nSPS) is 34.2. The van der Waals surface area contributed by atoms with E-state index < -0.39 is 0 Å². The molecule has 3 unspecified atom stereocenters. The summed E-state index contributed by atoms with van der Waals surface area (Å²) in [5.41, 5.74) is 0. The first kappa shape index (κ1) is 13.8. The molecule has 18 heavy (non-hydrogen) atoms. The lowest BCUT2D eigenvalue weighted by Gasteiger charge is -2.40. The lowest BCUT2D eigenvalue weighted by Crippen LogP contribution is -2.47. The Labute approximate surface area is 110 Å². The fourth-order valence-corrected chi connectivity index (χ4v) is 3.36. The molecule has 4 nitrogen and oxygen atoms in total. The predicted molar refractivity (Wildman–Crippen MR) is 69.4 cm³/mol. The Balaban J connectivity index is 1.89. The molecular formula is C14H25NO3. The van der Waals surface area contributed by atoms with Crippen molar-refractivity contribution < 1.29 is 14.3 Å². The second kappa shape index (κ2) is 6.53. The number of rotatable bonds is 3. The van der Waals surface area contributed by atoms with Crippen LogP contribution in [-0.4, -0.2) is 50.3 Å². The van der Waals surface area contributed by atoms with Crippen molar-refractivity contribution in [2.24, 2.45) is 5.92 Å². The fraction of sp³-hybridized carbons (Fsp3) is 0.929. The lowest BCUT2D eigenvalue weighted by atomic mass is 9.88. The first-order chi connectivity index (χ1) is 8.74. The van der Waals surface area contributed by atoms with Gasteiger partial charge in [-0.15, -0.1) is 0 Å². The van der Waals surface area contributed by atoms with Gasteiger partial charge in [-0.2, -0.15) is 0 Å². The van der Waals surface area contributed by atoms with Gasteiger partial charge in [0.05, 0.1) is 19.1 Å². The number of methoxy groups -OCH3 is 2. The van der Waals surface area contributed by atoms with Crippen molar-refractivity contribution in [1.82, 2.24) is 4.90 Å². The van der Waals surface area contributed by atoms with Crippen molar-refractivity contribution in [2.45, 2.75) is 50.7 Å². The van der Waals surface area contributed by atoms with Crippen molar-refractivity contribution in [3.8, 4) is 0 Å². The van der Waals surface area contributed by atoms with Crippen LogP contribution in [0.25, 0.3) is 0 Å². The molecule has 0 spiro atoms. The third-order valence-corrected chi connectivity index (χ3v) is 4.44. The van der Waals surface area contributed by atoms with Crippen LogP contribution in [-0.2, 0) is 14.3 Å². The SMILES string of the molecule is COC(=O)C1CCCN(C2CCCC(OC)C2)C1. The monoisotopic (exact) mass is 255 g/mol. The Bertz CT molecular complexity index is 282. The topological polar surface area (TPSA) is 38.8 Å². The van der Waals surface area contributed by atoms with E-state index in [9.17, 15) is 4.79 Å². The van der Waals surface area contributed by atoms with Gasteiger partial charge in [0.15, 0.2) is 0 Å². The third-order valence-electron chi connectivity index (χ3n) is 4.44. The zero-order valence-corrected chi connectivity index (χ0v) is 11.6. The van der Waals surface area contributed by atoms with Gasteiger partial charge in [-0.1, -0.05) is 0 Å². The average molecular weight is 255 g/mol. The molecule has 0 aromatic carbocycles. The summed E-state index contributed by atoms with van der Waals surface area (Å²) in [4.78, 5) is 14.1. The van der Waals surface area contributed by atoms with Crippen LogP contribution < -0.4 is 0 Å². The molecule has 0 bridgehead atoms. The molecule has 0 amide bonds. The van der Waals surface area contributed by atoms with Crippen LogP contribution in [0.2, 0.25) is 0 Å². The van der Waals surface area contributed by atoms with E-state index in [1.165, 1.54) is 26.4 Å². The van der Waals surface area contributed by atoms with E-state index in [1.54, 1.807) is 7.11 Å². The zero-order chi connectivity index (χ0) is 13.0. The molecule has 0 N–H and O–H groups in total. The maximum atomic E-state index is 11.6. The highest BCUT2D eigenvalue weighted by Gasteiger charge is 2.32. The number of carbonyl (C=O) groups excluding carboxylic acids is 1. The van der Waals surface area contributed by atoms with E-state index in [4.69, 9.17) is 9.47 Å². The second-order valence-corrected chi connectivity index (χ2v) is 5.54. The molecule has 1 aliphatic heterocycles. The molecule has 4 heteroatoms. The molecule has 104 valence electrons. The van der Waals surface area contributed by atoms with Crippen molar-refractivity contribution in [2.75, 3.05) is 27.3 Å². The van der Waals surface area contributed by atoms with Gasteiger partial charge in [0.25, 0.3) is 0 Å². The van der Waals surface area contributed by atoms with Gasteiger partial charge < -0.3 is 9.47 Å². The van der Waals surface area contributed by atoms with Gasteiger partial charge in [-0.05, 0) is 45.1 Å². The maximum Gasteiger partial charge on any atom is 0.309 e. The van der Waals surface area contributed by atoms with Crippen molar-refractivity contribution >= 4 is 5.97 Å². The first-order valence-electron chi connectivity index (χ1n) is 7.09. The molecule has 1 saturated heterocycles. The summed E-state index contributed by atoms with van der Waals surface area (Å²) in [6.07, 6.45) is 7.27. The number of hydrogen-bond acceptors (Lipinski definition) is 4. The van der Waals surface area contributed by atoms with Gasteiger partial charge in [0, 0.05) is 19.7 Å². The minimum Gasteiger partial charge on any atom is -0.469 e. The van der Waals surface area contributed by atoms with E-state index in [0.29, 0.717) is 12.1 Å². The van der Waals surface area contributed by atoms with Crippen molar-refractivity contribution in [1.29, 1.82) is 0 Å². The number of piperidine rings is 1. The van der Waals surface area contributed by atoms with Gasteiger partial charge in [-0.25, -0.2) is 0 Å². The fourth-order valence-electron chi connectivity index (χ4n) is 3.36. The summed E-state index contributed by atoms with van der Waals surface area (Å²) in [7, 11) is 3.29. The molecule has 0 radical (unpaired) electrons. The van der Waals surface area contributed by atoms with Gasteiger partial charge in [0.2, 0.25) is 0 Å². The molecule has 1 saturated carbocycles. The summed E-state index contributed by atoms with van der Waals surface area (Å²) < 4.78 is 10.4. The third kappa shape index (κ3) is 3.23. The molecule has 1 heterocycles. The number of hydrogen-bond donors (Lipinski definition) is 0. The largest absolute Gasteiger partial charge is 0.469 e. The number of esters is 1. The summed E-state index contributed by atoms with van der Waals surface area (Å²) >= 11 is 0. The molecule has 3 atom stereocenters. The summed E-state index contributed by atoms with van der Waals surface area (Å²) in [5, 5.41) is 0. The van der Waals surface area contributed by atoms with Crippen LogP contribution in [0.5, 0.6) is 0 Å². The maximum absolute atomic E-state index is 11.6. The summed E-state index contributed by atoms with van der Waals surface area (Å²) in [6.45, 7) is 1.99. The van der Waals surface area contributed by atoms with Crippen LogP contribution >= 0.6 is 0 Å². The van der Waals surface area contributed by atoms with Gasteiger partial charge in [-0.3, -0.25) is 9.69 Å². The van der Waals surface area contributed by atoms with Crippen LogP contribution in [0.15, 0.2) is 0 Å². The molecule has 0 aromatic rings. The summed E-state index contributed by atoms with van der Waals surface area (Å²) in [5.74, 6) is 0.0328. The van der Waals surface area contributed by atoms with Gasteiger partial charge in [0.1, 0.15) is 0 Å². The van der Waals surface area contributed by atoms with Crippen LogP contribution in [0, 0.1) is 5.92 Å². The molecular weight excluding hydrogens is 230 g/mol. The first-order valence-corrected chi connectivity index (χ1v) is 7.09. The van der Waals surface area contributed by atoms with Crippen molar-refractivity contribution in [3.63, 3.8) is 0 Å². The Hall–Kier alpha value is -0.610. The summed E-state index contributed by atoms with van der Waals surface area (Å²) in [6, 6.07) is 0.594. The molecule has 2 fully saturated rings. The Morgan fingerprint density at radius 2 is 2.00 bits per heavy atom. The van der Waals surface area contributed by atoms with Crippen LogP contribution in [0.3, 0.4) is 0 Å². The second-order valence-electron chi connectivity index (χ2n) is 5.54. The minimum atomic E-state index is -0.0428. The Kier molecular flexibility index (Phi) is 5.01. The van der Waals surface area contributed by atoms with Crippen molar-refractivity contribution in [3.05, 3.63) is 0 Å². The molecule has 0 aromatic heterocycles. The zero-order valence-electron chi connectivity index (χ0n) is 11.6. The van der Waals surface area contributed by atoms with E-state index in [1.807, 2.05) is 0 Å². The van der Waals surface area contributed by atoms with E-state index in [0.717, 1.165) is 32.4 Å². The van der Waals surface area contributed by atoms with E-state index in [2.05, 4.69) is 4.90 Å². The Morgan fingerprint density at radius 3 is 2.72 bits per heavy atom. The Morgan fingerprint density at radius 1 is 1.17 bits per heavy atom. The molecule has 2 rings (SSSR count). The quantitative estimate of drug-likeness (QED) is 0.721. The van der Waals surface area contributed by atoms with E-state index >= 15 is 0 Å². The average Bonchev–Trinajstić information content (AvgIpc) is 2.46. The predicted octanol–water partition coefficient (Wildman–Crippen LogP) is 1.83. The van der Waals surface area contributed by atoms with Gasteiger partial charge >= 0.3 is 5.97 Å². The lowest BCUT2D eigenvalue weighted by molar-refractivity contribution is -0.147. The highest BCUT2D eigenvalue weighted by molar-refractivity contribution is 5.72. The molecule has 2 aliphatic rings. The number of ether oxygens (including phenoxy) is 2. The van der Waals surface area contributed by atoms with Crippen LogP contribution in [0.1, 0.15) is 38.5 Å². The number of likely N-dealkylation sites (tertiary alicyclic amines) is 1. The molecule has 1 aliphatic carbocycles. The highest BCUT2D eigenvalue weighted by Crippen LogP contribution is 2.28. The van der Waals surface area contributed by atoms with Crippen LogP contribution in [0.4, 0.5) is 0 Å². The highest BCUT2D eigenvalue weighted by atomic mass is 16.5. The number of nitrogens with zero attached hydrogens (tertiary/aromatic N) is 1. The minimum absolute atomic E-state index is 0.0428.